The maximum Gasteiger partial charge on any atom is 0.249 e. The molecular weight excluding hydrogens is 375 g/mol. The van der Waals surface area contributed by atoms with E-state index in [-0.39, 0.29) is 30.4 Å². The van der Waals surface area contributed by atoms with Crippen molar-refractivity contribution in [3.63, 3.8) is 0 Å². The third kappa shape index (κ3) is 4.60. The van der Waals surface area contributed by atoms with Crippen LogP contribution in [-0.2, 0) is 10.9 Å². The smallest absolute Gasteiger partial charge is 0.249 e. The summed E-state index contributed by atoms with van der Waals surface area (Å²) in [4.78, 5) is 18.1. The monoisotopic (exact) mass is 388 g/mol. The summed E-state index contributed by atoms with van der Waals surface area (Å²) in [7, 11) is -2.67. The summed E-state index contributed by atoms with van der Waals surface area (Å²) in [5, 5.41) is 3.99. The lowest BCUT2D eigenvalue weighted by molar-refractivity contribution is 0.619. The molecule has 3 rings (SSSR count). The molecule has 3 aromatic rings. The van der Waals surface area contributed by atoms with Gasteiger partial charge in [-0.25, -0.2) is 13.4 Å². The van der Waals surface area contributed by atoms with E-state index in [2.05, 4.69) is 20.0 Å². The molecule has 10 heteroatoms. The minimum atomic E-state index is -2.67. The summed E-state index contributed by atoms with van der Waals surface area (Å²) in [6.07, 6.45) is 1.60. The first-order valence-corrected chi connectivity index (χ1v) is 7.56. The number of H-pyrrole nitrogens is 1. The number of nitrogens with zero attached hydrogens (tertiary/aromatic N) is 1. The lowest BCUT2D eigenvalue weighted by Gasteiger charge is -2.09. The van der Waals surface area contributed by atoms with Gasteiger partial charge in [0.25, 0.3) is 0 Å². The second-order valence-electron chi connectivity index (χ2n) is 4.51. The van der Waals surface area contributed by atoms with Gasteiger partial charge < -0.3 is 10.3 Å². The number of pyridine rings is 2. The number of hydrogen-bond acceptors (Lipinski definition) is 5. The predicted molar refractivity (Wildman–Crippen MR) is 101 cm³/mol. The largest absolute Gasteiger partial charge is 0.355 e. The van der Waals surface area contributed by atoms with Crippen molar-refractivity contribution in [2.75, 3.05) is 10.0 Å². The number of thiol groups is 1. The standard InChI is InChI=1S/C14H12N4O3S.2ClH/c19-13-6-5-11-12(7-8-15-14(11)17-13)16-9-1-3-10(4-2-9)18-22(20)21;;/h1-8,22H,(H,18,20,21)(H2,15,16,17,19);2*1H. The normalized spacial score (nSPS) is 9.88. The number of benzene rings is 1. The Bertz CT molecular complexity index is 950. The number of halogens is 2. The van der Waals surface area contributed by atoms with E-state index in [1.54, 1.807) is 42.6 Å². The van der Waals surface area contributed by atoms with Crippen LogP contribution in [0.3, 0.4) is 0 Å². The molecule has 0 saturated heterocycles. The molecule has 24 heavy (non-hydrogen) atoms. The molecule has 0 radical (unpaired) electrons. The number of rotatable bonds is 4. The Kier molecular flexibility index (Phi) is 7.02. The molecule has 0 aliphatic rings. The minimum Gasteiger partial charge on any atom is -0.355 e. The maximum atomic E-state index is 11.3. The van der Waals surface area contributed by atoms with Gasteiger partial charge in [-0.1, -0.05) is 0 Å². The van der Waals surface area contributed by atoms with E-state index in [4.69, 9.17) is 0 Å². The van der Waals surface area contributed by atoms with Crippen LogP contribution in [0.25, 0.3) is 11.0 Å². The van der Waals surface area contributed by atoms with Crippen molar-refractivity contribution in [2.45, 2.75) is 0 Å². The van der Waals surface area contributed by atoms with Crippen LogP contribution in [0.1, 0.15) is 0 Å². The first-order valence-electron chi connectivity index (χ1n) is 6.38. The summed E-state index contributed by atoms with van der Waals surface area (Å²) < 4.78 is 23.5. The highest BCUT2D eigenvalue weighted by molar-refractivity contribution is 7.73. The summed E-state index contributed by atoms with van der Waals surface area (Å²) in [6.45, 7) is 0. The van der Waals surface area contributed by atoms with E-state index < -0.39 is 10.9 Å². The third-order valence-electron chi connectivity index (χ3n) is 3.02. The zero-order valence-corrected chi connectivity index (χ0v) is 14.6. The van der Waals surface area contributed by atoms with Crippen LogP contribution in [0.2, 0.25) is 0 Å². The number of hydrogen-bond donors (Lipinski definition) is 4. The van der Waals surface area contributed by atoms with Crippen molar-refractivity contribution >= 4 is 63.8 Å². The molecule has 0 unspecified atom stereocenters. The highest BCUT2D eigenvalue weighted by Gasteiger charge is 2.03. The summed E-state index contributed by atoms with van der Waals surface area (Å²) in [5.41, 5.74) is 2.35. The van der Waals surface area contributed by atoms with Gasteiger partial charge in [-0.3, -0.25) is 9.52 Å². The molecule has 2 aromatic heterocycles. The number of aromatic amines is 1. The maximum absolute atomic E-state index is 11.3. The minimum absolute atomic E-state index is 0. The van der Waals surface area contributed by atoms with Crippen molar-refractivity contribution in [1.29, 1.82) is 0 Å². The Labute approximate surface area is 151 Å². The molecule has 7 nitrogen and oxygen atoms in total. The lowest BCUT2D eigenvalue weighted by atomic mass is 10.2. The molecule has 0 aliphatic carbocycles. The average molecular weight is 389 g/mol. The molecule has 0 atom stereocenters. The average Bonchev–Trinajstić information content (AvgIpc) is 2.48. The van der Waals surface area contributed by atoms with E-state index in [0.717, 1.165) is 16.8 Å². The Morgan fingerprint density at radius 3 is 2.25 bits per heavy atom. The van der Waals surface area contributed by atoms with E-state index in [0.29, 0.717) is 11.3 Å². The Balaban J connectivity index is 0.00000144. The number of nitrogens with one attached hydrogen (secondary N) is 3. The van der Waals surface area contributed by atoms with Crippen molar-refractivity contribution in [3.05, 3.63) is 59.0 Å². The van der Waals surface area contributed by atoms with Crippen LogP contribution < -0.4 is 15.6 Å². The van der Waals surface area contributed by atoms with Gasteiger partial charge in [0.15, 0.2) is 0 Å². The Morgan fingerprint density at radius 2 is 1.58 bits per heavy atom. The second kappa shape index (κ2) is 8.53. The SMILES string of the molecule is Cl.Cl.O=c1ccc2c(Nc3ccc(N[SH](=O)=O)cc3)ccnc2[nH]1. The summed E-state index contributed by atoms with van der Waals surface area (Å²) >= 11 is 0. The molecular formula is C14H14Cl2N4O3S. The van der Waals surface area contributed by atoms with Crippen LogP contribution in [0.5, 0.6) is 0 Å². The van der Waals surface area contributed by atoms with Gasteiger partial charge in [0.1, 0.15) is 5.65 Å². The van der Waals surface area contributed by atoms with Gasteiger partial charge in [0, 0.05) is 29.0 Å². The Morgan fingerprint density at radius 1 is 0.917 bits per heavy atom. The van der Waals surface area contributed by atoms with Crippen molar-refractivity contribution in [1.82, 2.24) is 9.97 Å². The number of anilines is 3. The van der Waals surface area contributed by atoms with Crippen molar-refractivity contribution in [2.24, 2.45) is 0 Å². The molecule has 128 valence electrons. The Hall–Kier alpha value is -2.29. The molecule has 0 spiro atoms. The van der Waals surface area contributed by atoms with Crippen LogP contribution >= 0.6 is 24.8 Å². The van der Waals surface area contributed by atoms with Gasteiger partial charge in [-0.15, -0.1) is 24.8 Å². The number of aromatic nitrogens is 2. The van der Waals surface area contributed by atoms with E-state index >= 15 is 0 Å². The van der Waals surface area contributed by atoms with Gasteiger partial charge in [0.05, 0.1) is 5.69 Å². The van der Waals surface area contributed by atoms with Crippen molar-refractivity contribution in [3.8, 4) is 0 Å². The van der Waals surface area contributed by atoms with Crippen LogP contribution in [-0.4, -0.2) is 18.4 Å². The summed E-state index contributed by atoms with van der Waals surface area (Å²) in [6, 6.07) is 11.7. The van der Waals surface area contributed by atoms with Crippen molar-refractivity contribution < 1.29 is 8.42 Å². The quantitative estimate of drug-likeness (QED) is 0.513. The first kappa shape index (κ1) is 19.8. The fourth-order valence-corrected chi connectivity index (χ4v) is 2.42. The third-order valence-corrected chi connectivity index (χ3v) is 3.46. The van der Waals surface area contributed by atoms with E-state index in [9.17, 15) is 13.2 Å². The van der Waals surface area contributed by atoms with Gasteiger partial charge in [-0.2, -0.15) is 0 Å². The molecule has 3 N–H and O–H groups in total. The van der Waals surface area contributed by atoms with Gasteiger partial charge in [0.2, 0.25) is 16.4 Å². The molecule has 0 saturated carbocycles. The second-order valence-corrected chi connectivity index (χ2v) is 5.25. The van der Waals surface area contributed by atoms with Crippen LogP contribution in [0.4, 0.5) is 17.1 Å². The van der Waals surface area contributed by atoms with Gasteiger partial charge >= 0.3 is 0 Å². The van der Waals surface area contributed by atoms with E-state index in [1.807, 2.05) is 0 Å². The molecule has 0 fully saturated rings. The van der Waals surface area contributed by atoms with Crippen LogP contribution in [0.15, 0.2) is 53.5 Å². The van der Waals surface area contributed by atoms with E-state index in [1.165, 1.54) is 6.07 Å². The topological polar surface area (TPSA) is 104 Å². The van der Waals surface area contributed by atoms with Gasteiger partial charge in [-0.05, 0) is 36.4 Å². The molecule has 0 amide bonds. The summed E-state index contributed by atoms with van der Waals surface area (Å²) in [5.74, 6) is 0. The lowest BCUT2D eigenvalue weighted by Crippen LogP contribution is -2.04. The molecule has 1 aromatic carbocycles. The number of fused-ring (bicyclic) bond motifs is 1. The zero-order chi connectivity index (χ0) is 15.5. The molecule has 2 heterocycles. The highest BCUT2D eigenvalue weighted by Crippen LogP contribution is 2.24. The fraction of sp³-hybridized carbons (Fsp3) is 0. The first-order chi connectivity index (χ1) is 10.6. The molecule has 0 bridgehead atoms. The van der Waals surface area contributed by atoms with Crippen LogP contribution in [0, 0.1) is 0 Å². The molecule has 0 aliphatic heterocycles. The highest BCUT2D eigenvalue weighted by atomic mass is 35.5. The fourth-order valence-electron chi connectivity index (χ4n) is 2.06. The predicted octanol–water partition coefficient (Wildman–Crippen LogP) is 2.45. The zero-order valence-electron chi connectivity index (χ0n) is 12.1.